The van der Waals surface area contributed by atoms with Crippen LogP contribution in [0.1, 0.15) is 25.0 Å². The maximum Gasteiger partial charge on any atom is 0.133 e. The Bertz CT molecular complexity index is 749. The van der Waals surface area contributed by atoms with E-state index in [0.29, 0.717) is 12.2 Å². The molecule has 0 heterocycles. The fraction of sp³-hybridized carbons (Fsp3) is 0.158. The van der Waals surface area contributed by atoms with Gasteiger partial charge in [0.1, 0.15) is 11.5 Å². The quantitative estimate of drug-likeness (QED) is 0.721. The van der Waals surface area contributed by atoms with Gasteiger partial charge in [-0.3, -0.25) is 0 Å². The summed E-state index contributed by atoms with van der Waals surface area (Å²) in [6.45, 7) is 1.96. The van der Waals surface area contributed by atoms with Crippen molar-refractivity contribution in [1.29, 1.82) is 0 Å². The maximum atomic E-state index is 10.1. The zero-order valence-corrected chi connectivity index (χ0v) is 12.0. The maximum absolute atomic E-state index is 10.1. The topological polar surface area (TPSA) is 29.5 Å². The van der Waals surface area contributed by atoms with Crippen molar-refractivity contribution in [3.05, 3.63) is 72.3 Å². The lowest BCUT2D eigenvalue weighted by Gasteiger charge is -2.15. The van der Waals surface area contributed by atoms with Gasteiger partial charge in [0.25, 0.3) is 0 Å². The number of rotatable bonds is 4. The van der Waals surface area contributed by atoms with E-state index in [1.807, 2.05) is 61.5 Å². The fourth-order valence-electron chi connectivity index (χ4n) is 2.43. The van der Waals surface area contributed by atoms with Gasteiger partial charge in [0.2, 0.25) is 0 Å². The minimum Gasteiger partial charge on any atom is -0.457 e. The van der Waals surface area contributed by atoms with Gasteiger partial charge < -0.3 is 9.84 Å². The van der Waals surface area contributed by atoms with Gasteiger partial charge in [-0.05, 0) is 35.4 Å². The summed E-state index contributed by atoms with van der Waals surface area (Å²) in [7, 11) is 0. The number of aliphatic hydroxyl groups excluding tert-OH is 1. The van der Waals surface area contributed by atoms with Crippen LogP contribution in [0.4, 0.5) is 0 Å². The van der Waals surface area contributed by atoms with Crippen LogP contribution in [0.2, 0.25) is 0 Å². The first-order valence-electron chi connectivity index (χ1n) is 7.21. The lowest BCUT2D eigenvalue weighted by molar-refractivity contribution is 0.170. The molecule has 0 aliphatic rings. The van der Waals surface area contributed by atoms with Crippen LogP contribution in [0, 0.1) is 0 Å². The molecule has 3 rings (SSSR count). The highest BCUT2D eigenvalue weighted by molar-refractivity contribution is 5.83. The molecule has 0 aliphatic carbocycles. The van der Waals surface area contributed by atoms with Crippen molar-refractivity contribution >= 4 is 10.8 Å². The molecule has 0 unspecified atom stereocenters. The van der Waals surface area contributed by atoms with E-state index in [-0.39, 0.29) is 0 Å². The van der Waals surface area contributed by atoms with Crippen LogP contribution in [-0.2, 0) is 0 Å². The van der Waals surface area contributed by atoms with Crippen LogP contribution in [0.25, 0.3) is 10.8 Å². The van der Waals surface area contributed by atoms with Crippen molar-refractivity contribution in [2.24, 2.45) is 0 Å². The molecule has 0 saturated heterocycles. The largest absolute Gasteiger partial charge is 0.457 e. The highest BCUT2D eigenvalue weighted by Crippen LogP contribution is 2.32. The second kappa shape index (κ2) is 5.98. The Morgan fingerprint density at radius 1 is 0.905 bits per heavy atom. The summed E-state index contributed by atoms with van der Waals surface area (Å²) in [5, 5.41) is 12.4. The third kappa shape index (κ3) is 2.91. The Morgan fingerprint density at radius 3 is 2.43 bits per heavy atom. The van der Waals surface area contributed by atoms with E-state index in [0.717, 1.165) is 16.7 Å². The summed E-state index contributed by atoms with van der Waals surface area (Å²) in [5.41, 5.74) is 0.827. The Hall–Kier alpha value is -2.32. The molecule has 1 atom stereocenters. The number of aliphatic hydroxyl groups is 1. The molecule has 0 saturated carbocycles. The minimum atomic E-state index is -0.498. The predicted octanol–water partition coefficient (Wildman–Crippen LogP) is 5.08. The highest BCUT2D eigenvalue weighted by atomic mass is 16.5. The first-order valence-corrected chi connectivity index (χ1v) is 7.21. The van der Waals surface area contributed by atoms with Crippen LogP contribution in [0.3, 0.4) is 0 Å². The number of ether oxygens (including phenoxy) is 1. The molecule has 0 aliphatic heterocycles. The van der Waals surface area contributed by atoms with Crippen molar-refractivity contribution in [2.45, 2.75) is 19.4 Å². The molecule has 0 aromatic heterocycles. The molecule has 1 N–H and O–H groups in total. The molecule has 2 heteroatoms. The molecule has 3 aromatic rings. The third-order valence-corrected chi connectivity index (χ3v) is 3.61. The van der Waals surface area contributed by atoms with E-state index >= 15 is 0 Å². The molecule has 2 nitrogen and oxygen atoms in total. The van der Waals surface area contributed by atoms with Gasteiger partial charge in [0.15, 0.2) is 0 Å². The number of hydrogen-bond acceptors (Lipinski definition) is 2. The van der Waals surface area contributed by atoms with Crippen LogP contribution in [0.5, 0.6) is 11.5 Å². The van der Waals surface area contributed by atoms with Crippen molar-refractivity contribution in [2.75, 3.05) is 0 Å². The first-order chi connectivity index (χ1) is 10.3. The average molecular weight is 278 g/mol. The zero-order chi connectivity index (χ0) is 14.7. The number of fused-ring (bicyclic) bond motifs is 1. The van der Waals surface area contributed by atoms with Gasteiger partial charge in [-0.2, -0.15) is 0 Å². The molecule has 0 radical (unpaired) electrons. The third-order valence-electron chi connectivity index (χ3n) is 3.61. The number of hydrogen-bond donors (Lipinski definition) is 1. The van der Waals surface area contributed by atoms with E-state index in [4.69, 9.17) is 4.74 Å². The molecular formula is C19H18O2. The summed E-state index contributed by atoms with van der Waals surface area (Å²) in [6, 6.07) is 21.8. The second-order valence-corrected chi connectivity index (χ2v) is 5.07. The molecule has 21 heavy (non-hydrogen) atoms. The molecule has 3 aromatic carbocycles. The molecule has 0 amide bonds. The van der Waals surface area contributed by atoms with E-state index in [2.05, 4.69) is 12.1 Å². The lowest BCUT2D eigenvalue weighted by Crippen LogP contribution is -1.98. The average Bonchev–Trinajstić information content (AvgIpc) is 2.54. The van der Waals surface area contributed by atoms with Crippen molar-refractivity contribution < 1.29 is 9.84 Å². The standard InChI is InChI=1S/C19H18O2/c1-2-18(20)17-9-5-6-10-19(17)21-16-12-11-14-7-3-4-8-15(14)13-16/h3-13,18,20H,2H2,1H3/t18-/m1/s1. The predicted molar refractivity (Wildman–Crippen MR) is 85.7 cm³/mol. The molecule has 106 valence electrons. The minimum absolute atomic E-state index is 0.498. The summed E-state index contributed by atoms with van der Waals surface area (Å²) in [6.07, 6.45) is 0.166. The van der Waals surface area contributed by atoms with Gasteiger partial charge in [0, 0.05) is 5.56 Å². The van der Waals surface area contributed by atoms with E-state index in [1.165, 1.54) is 5.39 Å². The van der Waals surface area contributed by atoms with Crippen LogP contribution < -0.4 is 4.74 Å². The molecule has 0 bridgehead atoms. The summed E-state index contributed by atoms with van der Waals surface area (Å²) >= 11 is 0. The summed E-state index contributed by atoms with van der Waals surface area (Å²) < 4.78 is 5.98. The van der Waals surface area contributed by atoms with Crippen molar-refractivity contribution in [3.63, 3.8) is 0 Å². The van der Waals surface area contributed by atoms with Gasteiger partial charge in [0.05, 0.1) is 6.10 Å². The van der Waals surface area contributed by atoms with Crippen molar-refractivity contribution in [1.82, 2.24) is 0 Å². The van der Waals surface area contributed by atoms with Gasteiger partial charge in [-0.1, -0.05) is 55.5 Å². The summed E-state index contributed by atoms with van der Waals surface area (Å²) in [5.74, 6) is 1.49. The van der Waals surface area contributed by atoms with Gasteiger partial charge in [-0.25, -0.2) is 0 Å². The Kier molecular flexibility index (Phi) is 3.89. The van der Waals surface area contributed by atoms with E-state index in [9.17, 15) is 5.11 Å². The van der Waals surface area contributed by atoms with Gasteiger partial charge in [-0.15, -0.1) is 0 Å². The van der Waals surface area contributed by atoms with E-state index in [1.54, 1.807) is 0 Å². The molecule has 0 spiro atoms. The SMILES string of the molecule is CC[C@@H](O)c1ccccc1Oc1ccc2ccccc2c1. The molecule has 0 fully saturated rings. The number of para-hydroxylation sites is 1. The van der Waals surface area contributed by atoms with Crippen LogP contribution >= 0.6 is 0 Å². The zero-order valence-electron chi connectivity index (χ0n) is 12.0. The summed E-state index contributed by atoms with van der Waals surface area (Å²) in [4.78, 5) is 0. The normalized spacial score (nSPS) is 12.3. The Labute approximate surface area is 124 Å². The van der Waals surface area contributed by atoms with Gasteiger partial charge >= 0.3 is 0 Å². The van der Waals surface area contributed by atoms with E-state index < -0.39 is 6.10 Å². The van der Waals surface area contributed by atoms with Crippen LogP contribution in [0.15, 0.2) is 66.7 Å². The Balaban J connectivity index is 1.95. The first kappa shape index (κ1) is 13.7. The van der Waals surface area contributed by atoms with Crippen molar-refractivity contribution in [3.8, 4) is 11.5 Å². The number of benzene rings is 3. The lowest BCUT2D eigenvalue weighted by atomic mass is 10.1. The molecular weight excluding hydrogens is 260 g/mol. The smallest absolute Gasteiger partial charge is 0.133 e. The highest BCUT2D eigenvalue weighted by Gasteiger charge is 2.11. The second-order valence-electron chi connectivity index (χ2n) is 5.07. The van der Waals surface area contributed by atoms with Crippen LogP contribution in [-0.4, -0.2) is 5.11 Å². The fourth-order valence-corrected chi connectivity index (χ4v) is 2.43. The Morgan fingerprint density at radius 2 is 1.62 bits per heavy atom. The monoisotopic (exact) mass is 278 g/mol.